The molecule has 18 heavy (non-hydrogen) atoms. The van der Waals surface area contributed by atoms with Crippen LogP contribution in [0.3, 0.4) is 0 Å². The number of ether oxygens (including phenoxy) is 1. The summed E-state index contributed by atoms with van der Waals surface area (Å²) in [6, 6.07) is 0. The third kappa shape index (κ3) is 3.53. The molecule has 2 aliphatic rings. The van der Waals surface area contributed by atoms with Crippen molar-refractivity contribution in [1.82, 2.24) is 9.80 Å². The number of morpholine rings is 1. The lowest BCUT2D eigenvalue weighted by Crippen LogP contribution is -2.52. The van der Waals surface area contributed by atoms with Crippen molar-refractivity contribution in [2.75, 3.05) is 39.3 Å². The molecule has 0 bridgehead atoms. The fraction of sp³-hybridized carbons (Fsp3) is 0.846. The summed E-state index contributed by atoms with van der Waals surface area (Å²) in [6.45, 7) is 7.98. The van der Waals surface area contributed by atoms with E-state index in [1.807, 2.05) is 18.7 Å². The lowest BCUT2D eigenvalue weighted by Gasteiger charge is -2.38. The summed E-state index contributed by atoms with van der Waals surface area (Å²) in [4.78, 5) is 27.2. The molecule has 5 heteroatoms. The van der Waals surface area contributed by atoms with E-state index in [1.54, 1.807) is 0 Å². The monoisotopic (exact) mass is 254 g/mol. The molecule has 5 nitrogen and oxygen atoms in total. The lowest BCUT2D eigenvalue weighted by atomic mass is 10.1. The second-order valence-electron chi connectivity index (χ2n) is 5.74. The van der Waals surface area contributed by atoms with E-state index in [0.29, 0.717) is 39.1 Å². The highest BCUT2D eigenvalue weighted by Gasteiger charge is 2.29. The molecule has 0 aromatic rings. The maximum Gasteiger partial charge on any atom is 0.236 e. The van der Waals surface area contributed by atoms with E-state index in [2.05, 4.69) is 4.90 Å². The molecule has 2 fully saturated rings. The van der Waals surface area contributed by atoms with Crippen molar-refractivity contribution < 1.29 is 14.3 Å². The Morgan fingerprint density at radius 2 is 1.94 bits per heavy atom. The highest BCUT2D eigenvalue weighted by Crippen LogP contribution is 2.16. The quantitative estimate of drug-likeness (QED) is 0.710. The molecule has 102 valence electrons. The van der Waals surface area contributed by atoms with Gasteiger partial charge in [0.05, 0.1) is 18.8 Å². The van der Waals surface area contributed by atoms with E-state index >= 15 is 0 Å². The number of amides is 1. The average molecular weight is 254 g/mol. The van der Waals surface area contributed by atoms with Gasteiger partial charge in [-0.05, 0) is 13.8 Å². The van der Waals surface area contributed by atoms with Crippen LogP contribution in [-0.4, -0.2) is 66.4 Å². The van der Waals surface area contributed by atoms with Crippen LogP contribution in [0.2, 0.25) is 0 Å². The van der Waals surface area contributed by atoms with Gasteiger partial charge in [-0.3, -0.25) is 14.5 Å². The highest BCUT2D eigenvalue weighted by atomic mass is 16.5. The summed E-state index contributed by atoms with van der Waals surface area (Å²) in [5.74, 6) is 0.409. The van der Waals surface area contributed by atoms with Gasteiger partial charge in [0.1, 0.15) is 5.78 Å². The first-order valence-electron chi connectivity index (χ1n) is 6.62. The zero-order valence-corrected chi connectivity index (χ0v) is 11.3. The van der Waals surface area contributed by atoms with E-state index in [4.69, 9.17) is 4.74 Å². The summed E-state index contributed by atoms with van der Waals surface area (Å²) in [7, 11) is 0. The summed E-state index contributed by atoms with van der Waals surface area (Å²) in [5, 5.41) is 0. The Labute approximate surface area is 108 Å². The number of hydrogen-bond donors (Lipinski definition) is 0. The molecule has 2 aliphatic heterocycles. The first-order chi connectivity index (χ1) is 8.46. The van der Waals surface area contributed by atoms with Crippen molar-refractivity contribution in [1.29, 1.82) is 0 Å². The van der Waals surface area contributed by atoms with Gasteiger partial charge in [0, 0.05) is 39.0 Å². The van der Waals surface area contributed by atoms with Crippen molar-refractivity contribution in [2.45, 2.75) is 32.3 Å². The predicted octanol–water partition coefficient (Wildman–Crippen LogP) is 0.289. The van der Waals surface area contributed by atoms with E-state index in [1.165, 1.54) is 0 Å². The first-order valence-corrected chi connectivity index (χ1v) is 6.62. The van der Waals surface area contributed by atoms with Crippen LogP contribution in [0.4, 0.5) is 0 Å². The minimum Gasteiger partial charge on any atom is -0.373 e. The maximum atomic E-state index is 12.1. The summed E-state index contributed by atoms with van der Waals surface area (Å²) in [6.07, 6.45) is 1.03. The number of nitrogens with zero attached hydrogens (tertiary/aromatic N) is 2. The van der Waals surface area contributed by atoms with Crippen LogP contribution in [0.15, 0.2) is 0 Å². The maximum absolute atomic E-state index is 12.1. The normalized spacial score (nSPS) is 25.2. The Morgan fingerprint density at radius 3 is 2.56 bits per heavy atom. The van der Waals surface area contributed by atoms with Gasteiger partial charge in [-0.25, -0.2) is 0 Å². The molecule has 1 amide bonds. The summed E-state index contributed by atoms with van der Waals surface area (Å²) in [5.41, 5.74) is -0.170. The molecule has 0 aliphatic carbocycles. The van der Waals surface area contributed by atoms with E-state index in [9.17, 15) is 9.59 Å². The zero-order valence-electron chi connectivity index (χ0n) is 11.3. The molecule has 0 saturated carbocycles. The molecule has 0 radical (unpaired) electrons. The zero-order chi connectivity index (χ0) is 13.2. The van der Waals surface area contributed by atoms with Crippen LogP contribution in [0.25, 0.3) is 0 Å². The number of piperidine rings is 1. The lowest BCUT2D eigenvalue weighted by molar-refractivity contribution is -0.139. The molecule has 2 heterocycles. The third-order valence-electron chi connectivity index (χ3n) is 3.54. The van der Waals surface area contributed by atoms with Crippen molar-refractivity contribution in [2.24, 2.45) is 0 Å². The van der Waals surface area contributed by atoms with Crippen molar-refractivity contribution in [3.8, 4) is 0 Å². The number of carbonyl (C=O) groups is 2. The van der Waals surface area contributed by atoms with Gasteiger partial charge in [-0.15, -0.1) is 0 Å². The molecule has 2 saturated heterocycles. The number of ketones is 1. The Bertz CT molecular complexity index is 331. The SMILES string of the molecule is CC1(C)CN(CC(=O)N2CCC(=O)CC2)CCO1. The van der Waals surface area contributed by atoms with Gasteiger partial charge in [0.25, 0.3) is 0 Å². The molecule has 0 aromatic heterocycles. The van der Waals surface area contributed by atoms with Gasteiger partial charge in [0.2, 0.25) is 5.91 Å². The first kappa shape index (κ1) is 13.5. The van der Waals surface area contributed by atoms with Gasteiger partial charge in [-0.2, -0.15) is 0 Å². The number of hydrogen-bond acceptors (Lipinski definition) is 4. The smallest absolute Gasteiger partial charge is 0.236 e. The van der Waals surface area contributed by atoms with Crippen LogP contribution in [0.1, 0.15) is 26.7 Å². The fourth-order valence-electron chi connectivity index (χ4n) is 2.55. The van der Waals surface area contributed by atoms with Crippen LogP contribution in [0, 0.1) is 0 Å². The topological polar surface area (TPSA) is 49.9 Å². The van der Waals surface area contributed by atoms with E-state index in [-0.39, 0.29) is 17.3 Å². The molecule has 0 N–H and O–H groups in total. The fourth-order valence-corrected chi connectivity index (χ4v) is 2.55. The Balaban J connectivity index is 1.82. The van der Waals surface area contributed by atoms with Crippen molar-refractivity contribution in [3.05, 3.63) is 0 Å². The minimum atomic E-state index is -0.170. The molecular weight excluding hydrogens is 232 g/mol. The Kier molecular flexibility index (Phi) is 4.02. The molecular formula is C13H22N2O3. The number of rotatable bonds is 2. The van der Waals surface area contributed by atoms with Gasteiger partial charge in [-0.1, -0.05) is 0 Å². The summed E-state index contributed by atoms with van der Waals surface area (Å²) < 4.78 is 5.63. The van der Waals surface area contributed by atoms with Crippen molar-refractivity contribution >= 4 is 11.7 Å². The molecule has 0 aromatic carbocycles. The van der Waals surface area contributed by atoms with E-state index in [0.717, 1.165) is 13.1 Å². The van der Waals surface area contributed by atoms with Crippen LogP contribution >= 0.6 is 0 Å². The number of carbonyl (C=O) groups excluding carboxylic acids is 2. The van der Waals surface area contributed by atoms with Crippen molar-refractivity contribution in [3.63, 3.8) is 0 Å². The van der Waals surface area contributed by atoms with Crippen LogP contribution < -0.4 is 0 Å². The number of Topliss-reactive ketones (excluding diaryl/α,β-unsaturated/α-hetero) is 1. The third-order valence-corrected chi connectivity index (χ3v) is 3.54. The number of likely N-dealkylation sites (tertiary alicyclic amines) is 1. The minimum absolute atomic E-state index is 0.139. The highest BCUT2D eigenvalue weighted by molar-refractivity contribution is 5.84. The van der Waals surface area contributed by atoms with Gasteiger partial charge < -0.3 is 9.64 Å². The van der Waals surface area contributed by atoms with Crippen LogP contribution in [0.5, 0.6) is 0 Å². The van der Waals surface area contributed by atoms with E-state index < -0.39 is 0 Å². The Hall–Kier alpha value is -0.940. The second kappa shape index (κ2) is 5.36. The molecule has 0 atom stereocenters. The predicted molar refractivity (Wildman–Crippen MR) is 67.3 cm³/mol. The summed E-state index contributed by atoms with van der Waals surface area (Å²) >= 11 is 0. The van der Waals surface area contributed by atoms with Gasteiger partial charge in [0.15, 0.2) is 0 Å². The largest absolute Gasteiger partial charge is 0.373 e. The molecule has 0 spiro atoms. The standard InChI is InChI=1S/C13H22N2O3/c1-13(2)10-14(7-8-18-13)9-12(17)15-5-3-11(16)4-6-15/h3-10H2,1-2H3. The average Bonchev–Trinajstić information content (AvgIpc) is 2.28. The molecule has 0 unspecified atom stereocenters. The van der Waals surface area contributed by atoms with Gasteiger partial charge >= 0.3 is 0 Å². The molecule has 2 rings (SSSR count). The Morgan fingerprint density at radius 1 is 1.28 bits per heavy atom. The second-order valence-corrected chi connectivity index (χ2v) is 5.74. The van der Waals surface area contributed by atoms with Crippen LogP contribution in [-0.2, 0) is 14.3 Å².